The van der Waals surface area contributed by atoms with Gasteiger partial charge in [0.15, 0.2) is 4.80 Å². The first-order valence-electron chi connectivity index (χ1n) is 7.20. The number of non-ortho nitro benzene ring substituents is 1. The van der Waals surface area contributed by atoms with Crippen LogP contribution in [0.25, 0.3) is 16.3 Å². The molecule has 0 spiro atoms. The van der Waals surface area contributed by atoms with Crippen molar-refractivity contribution in [2.75, 3.05) is 0 Å². The van der Waals surface area contributed by atoms with E-state index in [1.54, 1.807) is 18.2 Å². The van der Waals surface area contributed by atoms with Gasteiger partial charge in [-0.05, 0) is 29.8 Å². The molecule has 0 radical (unpaired) electrons. The first kappa shape index (κ1) is 17.1. The Morgan fingerprint density at radius 3 is 2.88 bits per heavy atom. The number of amides is 1. The molecule has 2 aromatic carbocycles. The van der Waals surface area contributed by atoms with Crippen LogP contribution in [0.4, 0.5) is 5.69 Å². The average molecular weight is 374 g/mol. The number of hydrogen-bond acceptors (Lipinski definition) is 4. The van der Waals surface area contributed by atoms with Gasteiger partial charge in [-0.15, -0.1) is 0 Å². The summed E-state index contributed by atoms with van der Waals surface area (Å²) in [5.41, 5.74) is 1.47. The summed E-state index contributed by atoms with van der Waals surface area (Å²) in [4.78, 5) is 27.0. The fraction of sp³-hybridized carbons (Fsp3) is 0.0588. The monoisotopic (exact) mass is 373 g/mol. The van der Waals surface area contributed by atoms with E-state index in [-0.39, 0.29) is 5.69 Å². The molecule has 0 fully saturated rings. The lowest BCUT2D eigenvalue weighted by molar-refractivity contribution is -0.384. The smallest absolute Gasteiger partial charge is 0.272 e. The minimum absolute atomic E-state index is 0.0284. The predicted molar refractivity (Wildman–Crippen MR) is 98.5 cm³/mol. The summed E-state index contributed by atoms with van der Waals surface area (Å²) in [6, 6.07) is 11.5. The van der Waals surface area contributed by atoms with Crippen LogP contribution in [0.2, 0.25) is 5.02 Å². The minimum atomic E-state index is -0.480. The molecule has 0 atom stereocenters. The van der Waals surface area contributed by atoms with Crippen molar-refractivity contribution in [3.05, 3.63) is 74.0 Å². The molecule has 1 amide bonds. The average Bonchev–Trinajstić information content (AvgIpc) is 2.88. The Morgan fingerprint density at radius 2 is 2.12 bits per heavy atom. The summed E-state index contributed by atoms with van der Waals surface area (Å²) in [5.74, 6) is -0.445. The van der Waals surface area contributed by atoms with E-state index in [0.717, 1.165) is 10.2 Å². The molecule has 3 rings (SSSR count). The van der Waals surface area contributed by atoms with Gasteiger partial charge in [-0.1, -0.05) is 35.1 Å². The van der Waals surface area contributed by atoms with E-state index in [1.165, 1.54) is 35.6 Å². The Labute approximate surface area is 151 Å². The highest BCUT2D eigenvalue weighted by atomic mass is 35.5. The number of nitro benzene ring substituents is 1. The highest BCUT2D eigenvalue weighted by molar-refractivity contribution is 7.16. The molecule has 8 heteroatoms. The Balaban J connectivity index is 1.89. The van der Waals surface area contributed by atoms with E-state index in [1.807, 2.05) is 23.7 Å². The van der Waals surface area contributed by atoms with Crippen LogP contribution < -0.4 is 4.80 Å². The zero-order valence-electron chi connectivity index (χ0n) is 13.0. The number of aromatic nitrogens is 1. The predicted octanol–water partition coefficient (Wildman–Crippen LogP) is 3.94. The van der Waals surface area contributed by atoms with E-state index < -0.39 is 10.8 Å². The van der Waals surface area contributed by atoms with Gasteiger partial charge in [0.1, 0.15) is 0 Å². The van der Waals surface area contributed by atoms with Gasteiger partial charge in [-0.3, -0.25) is 14.9 Å². The molecule has 0 N–H and O–H groups in total. The fourth-order valence-corrected chi connectivity index (χ4v) is 3.56. The van der Waals surface area contributed by atoms with Gasteiger partial charge in [0.25, 0.3) is 11.6 Å². The lowest BCUT2D eigenvalue weighted by Crippen LogP contribution is -2.12. The zero-order valence-corrected chi connectivity index (χ0v) is 14.6. The second kappa shape index (κ2) is 7.00. The minimum Gasteiger partial charge on any atom is -0.319 e. The van der Waals surface area contributed by atoms with Crippen molar-refractivity contribution in [1.82, 2.24) is 4.57 Å². The molecular weight excluding hydrogens is 362 g/mol. The van der Waals surface area contributed by atoms with Crippen LogP contribution in [0.15, 0.2) is 53.5 Å². The third-order valence-corrected chi connectivity index (χ3v) is 4.81. The second-order valence-corrected chi connectivity index (χ2v) is 6.64. The highest BCUT2D eigenvalue weighted by Crippen LogP contribution is 2.21. The van der Waals surface area contributed by atoms with Crippen molar-refractivity contribution in [3.8, 4) is 0 Å². The molecule has 0 unspecified atom stereocenters. The van der Waals surface area contributed by atoms with Gasteiger partial charge in [-0.25, -0.2) is 0 Å². The Morgan fingerprint density at radius 1 is 1.32 bits per heavy atom. The summed E-state index contributed by atoms with van der Waals surface area (Å²) in [6.45, 7) is 0. The maximum absolute atomic E-state index is 12.1. The molecule has 6 nitrogen and oxygen atoms in total. The fourth-order valence-electron chi connectivity index (χ4n) is 2.26. The summed E-state index contributed by atoms with van der Waals surface area (Å²) < 4.78 is 2.75. The zero-order chi connectivity index (χ0) is 18.0. The van der Waals surface area contributed by atoms with Gasteiger partial charge >= 0.3 is 0 Å². The summed E-state index contributed by atoms with van der Waals surface area (Å²) in [6.07, 6.45) is 2.79. The molecule has 1 heterocycles. The Bertz CT molecular complexity index is 1080. The largest absolute Gasteiger partial charge is 0.319 e. The van der Waals surface area contributed by atoms with Crippen LogP contribution in [-0.2, 0) is 11.8 Å². The van der Waals surface area contributed by atoms with Crippen molar-refractivity contribution in [1.29, 1.82) is 0 Å². The number of halogens is 1. The molecule has 1 aromatic heterocycles. The van der Waals surface area contributed by atoms with E-state index in [0.29, 0.717) is 15.4 Å². The molecule has 3 aromatic rings. The van der Waals surface area contributed by atoms with Gasteiger partial charge < -0.3 is 4.57 Å². The van der Waals surface area contributed by atoms with Crippen molar-refractivity contribution in [2.45, 2.75) is 0 Å². The lowest BCUT2D eigenvalue weighted by atomic mass is 10.2. The van der Waals surface area contributed by atoms with Gasteiger partial charge in [0, 0.05) is 30.3 Å². The Kier molecular flexibility index (Phi) is 4.78. The summed E-state index contributed by atoms with van der Waals surface area (Å²) in [7, 11) is 1.82. The molecule has 0 bridgehead atoms. The van der Waals surface area contributed by atoms with Crippen LogP contribution in [0.3, 0.4) is 0 Å². The van der Waals surface area contributed by atoms with Crippen molar-refractivity contribution < 1.29 is 9.72 Å². The van der Waals surface area contributed by atoms with Crippen molar-refractivity contribution >= 4 is 50.8 Å². The van der Waals surface area contributed by atoms with Crippen LogP contribution in [0, 0.1) is 10.1 Å². The lowest BCUT2D eigenvalue weighted by Gasteiger charge is -1.95. The van der Waals surface area contributed by atoms with Crippen LogP contribution in [0.1, 0.15) is 5.56 Å². The molecule has 0 saturated heterocycles. The van der Waals surface area contributed by atoms with Crippen LogP contribution in [0.5, 0.6) is 0 Å². The van der Waals surface area contributed by atoms with Crippen LogP contribution >= 0.6 is 22.9 Å². The van der Waals surface area contributed by atoms with Crippen LogP contribution in [-0.4, -0.2) is 15.4 Å². The number of benzene rings is 2. The second-order valence-electron chi connectivity index (χ2n) is 5.19. The number of thiazole rings is 1. The number of nitrogens with zero attached hydrogens (tertiary/aromatic N) is 3. The number of rotatable bonds is 3. The number of hydrogen-bond donors (Lipinski definition) is 0. The Hall–Kier alpha value is -2.77. The van der Waals surface area contributed by atoms with Crippen molar-refractivity contribution in [2.24, 2.45) is 12.0 Å². The maximum Gasteiger partial charge on any atom is 0.272 e. The summed E-state index contributed by atoms with van der Waals surface area (Å²) >= 11 is 7.34. The van der Waals surface area contributed by atoms with E-state index in [4.69, 9.17) is 11.6 Å². The molecule has 0 aliphatic carbocycles. The third-order valence-electron chi connectivity index (χ3n) is 3.48. The normalized spacial score (nSPS) is 12.2. The number of fused-ring (bicyclic) bond motifs is 1. The number of nitro groups is 1. The highest BCUT2D eigenvalue weighted by Gasteiger charge is 2.06. The van der Waals surface area contributed by atoms with Gasteiger partial charge in [0.2, 0.25) is 0 Å². The molecule has 25 heavy (non-hydrogen) atoms. The molecule has 0 aliphatic rings. The molecule has 0 aliphatic heterocycles. The molecule has 0 saturated carbocycles. The standard InChI is InChI=1S/C17H12ClN3O3S/c1-20-14-7-6-12(18)10-15(14)25-17(20)19-16(22)8-5-11-3-2-4-13(9-11)21(23)24/h2-10H,1H3. The number of carbonyl (C=O) groups is 1. The van der Waals surface area contributed by atoms with E-state index >= 15 is 0 Å². The molecular formula is C17H12ClN3O3S. The number of carbonyl (C=O) groups excluding carboxylic acids is 1. The van der Waals surface area contributed by atoms with Gasteiger partial charge in [0.05, 0.1) is 15.1 Å². The summed E-state index contributed by atoms with van der Waals surface area (Å²) in [5, 5.41) is 11.4. The first-order valence-corrected chi connectivity index (χ1v) is 8.40. The maximum atomic E-state index is 12.1. The van der Waals surface area contributed by atoms with Crippen molar-refractivity contribution in [3.63, 3.8) is 0 Å². The van der Waals surface area contributed by atoms with Gasteiger partial charge in [-0.2, -0.15) is 4.99 Å². The quantitative estimate of drug-likeness (QED) is 0.396. The first-order chi connectivity index (χ1) is 11.9. The topological polar surface area (TPSA) is 77.5 Å². The molecule has 126 valence electrons. The van der Waals surface area contributed by atoms with E-state index in [9.17, 15) is 14.9 Å². The number of aryl methyl sites for hydroxylation is 1. The van der Waals surface area contributed by atoms with E-state index in [2.05, 4.69) is 4.99 Å². The SMILES string of the molecule is Cn1c(=NC(=O)C=Cc2cccc([N+](=O)[O-])c2)sc2cc(Cl)ccc21. The third kappa shape index (κ3) is 3.84.